The van der Waals surface area contributed by atoms with E-state index >= 15 is 0 Å². The Kier molecular flexibility index (Phi) is 8.48. The molecule has 2 aromatic heterocycles. The number of aromatic nitrogens is 5. The second kappa shape index (κ2) is 11.6. The lowest BCUT2D eigenvalue weighted by atomic mass is 10.2. The molecule has 12 nitrogen and oxygen atoms in total. The van der Waals surface area contributed by atoms with Crippen LogP contribution in [0, 0.1) is 6.92 Å². The summed E-state index contributed by atoms with van der Waals surface area (Å²) < 4.78 is 54.8. The minimum atomic E-state index is -4.10. The van der Waals surface area contributed by atoms with Gasteiger partial charge in [-0.2, -0.15) is 0 Å². The lowest BCUT2D eigenvalue weighted by molar-refractivity contribution is 0.00152. The van der Waals surface area contributed by atoms with Crippen LogP contribution >= 0.6 is 0 Å². The van der Waals surface area contributed by atoms with Crippen molar-refractivity contribution in [2.45, 2.75) is 64.1 Å². The number of methoxy groups -OCH3 is 2. The molecule has 1 aliphatic heterocycles. The first-order valence-corrected chi connectivity index (χ1v) is 13.9. The van der Waals surface area contributed by atoms with Crippen LogP contribution in [0.25, 0.3) is 5.69 Å². The Morgan fingerprint density at radius 2 is 1.74 bits per heavy atom. The number of nitrogens with zero attached hydrogens (tertiary/aromatic N) is 5. The molecule has 4 rings (SSSR count). The standard InChI is InChI=1S/C25H34N6O6S/c1-15(2)37-22(23-26-13-16(3)14-27-23)17(4)38(32,33)30-25-29-28-24(20-11-8-12-36-20)31(25)21-18(34-5)9-7-10-19(21)35-6/h7,9-10,13-15,17,20,22H,8,11-12H2,1-6H3,(H,29,30)/t17-,20-,22+/m0/s1. The van der Waals surface area contributed by atoms with E-state index in [0.717, 1.165) is 12.0 Å². The highest BCUT2D eigenvalue weighted by molar-refractivity contribution is 7.93. The molecule has 1 N–H and O–H groups in total. The van der Waals surface area contributed by atoms with Crippen molar-refractivity contribution in [3.63, 3.8) is 0 Å². The summed E-state index contributed by atoms with van der Waals surface area (Å²) in [5.74, 6) is 1.58. The minimum absolute atomic E-state index is 0.0294. The Hall–Kier alpha value is -3.29. The second-order valence-corrected chi connectivity index (χ2v) is 11.3. The molecule has 3 atom stereocenters. The van der Waals surface area contributed by atoms with Crippen molar-refractivity contribution in [2.24, 2.45) is 0 Å². The van der Waals surface area contributed by atoms with Crippen LogP contribution in [0.1, 0.15) is 63.0 Å². The van der Waals surface area contributed by atoms with Crippen molar-refractivity contribution in [1.82, 2.24) is 24.7 Å². The summed E-state index contributed by atoms with van der Waals surface area (Å²) >= 11 is 0. The predicted molar refractivity (Wildman–Crippen MR) is 140 cm³/mol. The highest BCUT2D eigenvalue weighted by atomic mass is 32.2. The smallest absolute Gasteiger partial charge is 0.243 e. The molecule has 1 aliphatic rings. The number of hydrogen-bond donors (Lipinski definition) is 1. The third-order valence-corrected chi connectivity index (χ3v) is 7.85. The van der Waals surface area contributed by atoms with Gasteiger partial charge >= 0.3 is 0 Å². The summed E-state index contributed by atoms with van der Waals surface area (Å²) in [5, 5.41) is 7.46. The molecule has 1 aromatic carbocycles. The van der Waals surface area contributed by atoms with Crippen molar-refractivity contribution in [2.75, 3.05) is 25.5 Å². The van der Waals surface area contributed by atoms with E-state index in [9.17, 15) is 8.42 Å². The number of para-hydroxylation sites is 1. The maximum absolute atomic E-state index is 13.8. The van der Waals surface area contributed by atoms with Crippen LogP contribution in [0.2, 0.25) is 0 Å². The monoisotopic (exact) mass is 546 g/mol. The Labute approximate surface area is 222 Å². The van der Waals surface area contributed by atoms with Crippen LogP contribution in [0.5, 0.6) is 11.5 Å². The third kappa shape index (κ3) is 5.74. The maximum Gasteiger partial charge on any atom is 0.243 e. The van der Waals surface area contributed by atoms with Crippen LogP contribution in [0.3, 0.4) is 0 Å². The summed E-state index contributed by atoms with van der Waals surface area (Å²) in [4.78, 5) is 8.66. The zero-order valence-corrected chi connectivity index (χ0v) is 23.2. The molecule has 0 saturated carbocycles. The van der Waals surface area contributed by atoms with Gasteiger partial charge in [0.1, 0.15) is 34.6 Å². The van der Waals surface area contributed by atoms with Crippen LogP contribution < -0.4 is 14.2 Å². The van der Waals surface area contributed by atoms with Crippen LogP contribution in [-0.2, 0) is 19.5 Å². The van der Waals surface area contributed by atoms with E-state index in [1.54, 1.807) is 42.1 Å². The number of rotatable bonds is 11. The number of aryl methyl sites for hydroxylation is 1. The highest BCUT2D eigenvalue weighted by Gasteiger charge is 2.37. The molecule has 0 unspecified atom stereocenters. The van der Waals surface area contributed by atoms with Crippen LogP contribution in [0.4, 0.5) is 5.95 Å². The SMILES string of the molecule is COc1cccc(OC)c1-n1c(NS(=O)(=O)[C@@H](C)[C@@H](OC(C)C)c2ncc(C)cn2)nnc1[C@@H]1CCCO1. The predicted octanol–water partition coefficient (Wildman–Crippen LogP) is 3.53. The van der Waals surface area contributed by atoms with E-state index in [-0.39, 0.29) is 24.0 Å². The van der Waals surface area contributed by atoms with Crippen molar-refractivity contribution in [3.8, 4) is 17.2 Å². The lowest BCUT2D eigenvalue weighted by Gasteiger charge is -2.25. The summed E-state index contributed by atoms with van der Waals surface area (Å²) in [6.07, 6.45) is 3.26. The average Bonchev–Trinajstić information content (AvgIpc) is 3.56. The Morgan fingerprint density at radius 1 is 1.08 bits per heavy atom. The van der Waals surface area contributed by atoms with Gasteiger partial charge in [0.2, 0.25) is 16.0 Å². The Bertz CT molecular complexity index is 1320. The zero-order chi connectivity index (χ0) is 27.4. The highest BCUT2D eigenvalue weighted by Crippen LogP contribution is 2.39. The van der Waals surface area contributed by atoms with E-state index in [0.29, 0.717) is 36.0 Å². The van der Waals surface area contributed by atoms with Gasteiger partial charge in [0.25, 0.3) is 0 Å². The lowest BCUT2D eigenvalue weighted by Crippen LogP contribution is -2.35. The van der Waals surface area contributed by atoms with Crippen LogP contribution in [-0.4, -0.2) is 65.3 Å². The maximum atomic E-state index is 13.8. The first-order valence-electron chi connectivity index (χ1n) is 12.4. The van der Waals surface area contributed by atoms with Gasteiger partial charge in [0.15, 0.2) is 11.6 Å². The van der Waals surface area contributed by atoms with E-state index < -0.39 is 21.4 Å². The van der Waals surface area contributed by atoms with Crippen molar-refractivity contribution >= 4 is 16.0 Å². The normalized spacial score (nSPS) is 17.4. The molecular formula is C25H34N6O6S. The molecule has 0 aliphatic carbocycles. The fraction of sp³-hybridized carbons (Fsp3) is 0.520. The summed E-state index contributed by atoms with van der Waals surface area (Å²) in [6, 6.07) is 5.27. The number of sulfonamides is 1. The fourth-order valence-corrected chi connectivity index (χ4v) is 5.32. The number of nitrogens with one attached hydrogen (secondary N) is 1. The van der Waals surface area contributed by atoms with Gasteiger partial charge in [0, 0.05) is 19.0 Å². The van der Waals surface area contributed by atoms with E-state index in [4.69, 9.17) is 18.9 Å². The molecule has 0 bridgehead atoms. The second-order valence-electron chi connectivity index (χ2n) is 9.31. The third-order valence-electron chi connectivity index (χ3n) is 6.15. The number of anilines is 1. The molecule has 13 heteroatoms. The van der Waals surface area contributed by atoms with Crippen LogP contribution in [0.15, 0.2) is 30.6 Å². The first-order chi connectivity index (χ1) is 18.2. The van der Waals surface area contributed by atoms with Gasteiger partial charge in [-0.05, 0) is 58.2 Å². The molecule has 0 amide bonds. The summed E-state index contributed by atoms with van der Waals surface area (Å²) in [5.41, 5.74) is 1.31. The first kappa shape index (κ1) is 27.7. The molecule has 3 aromatic rings. The van der Waals surface area contributed by atoms with Gasteiger partial charge < -0.3 is 18.9 Å². The zero-order valence-electron chi connectivity index (χ0n) is 22.4. The Balaban J connectivity index is 1.78. The quantitative estimate of drug-likeness (QED) is 0.380. The van der Waals surface area contributed by atoms with Gasteiger partial charge in [0.05, 0.1) is 20.3 Å². The molecule has 38 heavy (non-hydrogen) atoms. The van der Waals surface area contributed by atoms with Crippen molar-refractivity contribution < 1.29 is 27.4 Å². The molecule has 1 fully saturated rings. The molecule has 0 spiro atoms. The molecule has 0 radical (unpaired) electrons. The number of hydrogen-bond acceptors (Lipinski definition) is 10. The van der Waals surface area contributed by atoms with E-state index in [1.807, 2.05) is 20.8 Å². The topological polar surface area (TPSA) is 140 Å². The van der Waals surface area contributed by atoms with Gasteiger partial charge in [-0.3, -0.25) is 9.29 Å². The van der Waals surface area contributed by atoms with Gasteiger partial charge in [-0.1, -0.05) is 6.07 Å². The van der Waals surface area contributed by atoms with Crippen molar-refractivity contribution in [3.05, 3.63) is 47.8 Å². The molecule has 206 valence electrons. The van der Waals surface area contributed by atoms with Gasteiger partial charge in [-0.25, -0.2) is 18.4 Å². The molecule has 1 saturated heterocycles. The fourth-order valence-electron chi connectivity index (χ4n) is 4.23. The molecule has 3 heterocycles. The average molecular weight is 547 g/mol. The largest absolute Gasteiger partial charge is 0.494 e. The minimum Gasteiger partial charge on any atom is -0.494 e. The van der Waals surface area contributed by atoms with E-state index in [2.05, 4.69) is 24.9 Å². The van der Waals surface area contributed by atoms with E-state index in [1.165, 1.54) is 14.2 Å². The molecular weight excluding hydrogens is 512 g/mol. The van der Waals surface area contributed by atoms with Crippen molar-refractivity contribution in [1.29, 1.82) is 0 Å². The van der Waals surface area contributed by atoms with Gasteiger partial charge in [-0.15, -0.1) is 10.2 Å². The number of ether oxygens (including phenoxy) is 4. The summed E-state index contributed by atoms with van der Waals surface area (Å²) in [6.45, 7) is 7.63. The Morgan fingerprint density at radius 3 is 2.29 bits per heavy atom. The number of benzene rings is 1. The summed E-state index contributed by atoms with van der Waals surface area (Å²) in [7, 11) is -1.05.